The van der Waals surface area contributed by atoms with Gasteiger partial charge < -0.3 is 5.11 Å². The molecule has 0 aromatic heterocycles. The van der Waals surface area contributed by atoms with Gasteiger partial charge in [-0.2, -0.15) is 0 Å². The summed E-state index contributed by atoms with van der Waals surface area (Å²) in [6, 6.07) is 16.3. The highest BCUT2D eigenvalue weighted by molar-refractivity contribution is 9.10. The lowest BCUT2D eigenvalue weighted by Crippen LogP contribution is -2.02. The van der Waals surface area contributed by atoms with Crippen molar-refractivity contribution in [2.75, 3.05) is 0 Å². The molecule has 3 aromatic carbocycles. The molecule has 1 unspecified atom stereocenters. The van der Waals surface area contributed by atoms with Gasteiger partial charge in [0.25, 0.3) is 0 Å². The van der Waals surface area contributed by atoms with Gasteiger partial charge in [-0.1, -0.05) is 40.2 Å². The second kappa shape index (κ2) is 5.58. The lowest BCUT2D eigenvalue weighted by atomic mass is 9.95. The van der Waals surface area contributed by atoms with E-state index in [2.05, 4.69) is 15.9 Å². The standard InChI is InChI=1S/C18H14BrFO/c1-11-8-16(20)6-7-17(11)18(21)14-3-2-13-10-15(19)5-4-12(13)9-14/h2-10,18,21H,1H3. The first kappa shape index (κ1) is 14.2. The van der Waals surface area contributed by atoms with Gasteiger partial charge in [0.05, 0.1) is 0 Å². The lowest BCUT2D eigenvalue weighted by Gasteiger charge is -2.15. The predicted molar refractivity (Wildman–Crippen MR) is 86.8 cm³/mol. The van der Waals surface area contributed by atoms with Crippen LogP contribution in [0.25, 0.3) is 10.8 Å². The van der Waals surface area contributed by atoms with Gasteiger partial charge in [0.1, 0.15) is 11.9 Å². The van der Waals surface area contributed by atoms with E-state index in [9.17, 15) is 9.50 Å². The van der Waals surface area contributed by atoms with Crippen molar-refractivity contribution in [3.05, 3.63) is 81.6 Å². The first-order valence-electron chi connectivity index (χ1n) is 6.68. The number of hydrogen-bond acceptors (Lipinski definition) is 1. The van der Waals surface area contributed by atoms with Gasteiger partial charge in [-0.3, -0.25) is 0 Å². The van der Waals surface area contributed by atoms with Crippen molar-refractivity contribution in [3.63, 3.8) is 0 Å². The molecule has 3 rings (SSSR count). The minimum atomic E-state index is -0.751. The molecule has 0 heterocycles. The minimum Gasteiger partial charge on any atom is -0.384 e. The SMILES string of the molecule is Cc1cc(F)ccc1C(O)c1ccc2cc(Br)ccc2c1. The molecule has 0 bridgehead atoms. The zero-order chi connectivity index (χ0) is 15.0. The molecule has 0 fully saturated rings. The van der Waals surface area contributed by atoms with Crippen molar-refractivity contribution in [1.82, 2.24) is 0 Å². The van der Waals surface area contributed by atoms with E-state index < -0.39 is 6.10 Å². The Balaban J connectivity index is 2.04. The number of aliphatic hydroxyl groups is 1. The number of aryl methyl sites for hydroxylation is 1. The Morgan fingerprint density at radius 2 is 1.67 bits per heavy atom. The van der Waals surface area contributed by atoms with Gasteiger partial charge in [-0.05, 0) is 64.7 Å². The summed E-state index contributed by atoms with van der Waals surface area (Å²) in [5.74, 6) is -0.285. The summed E-state index contributed by atoms with van der Waals surface area (Å²) in [5, 5.41) is 12.7. The first-order valence-corrected chi connectivity index (χ1v) is 7.47. The van der Waals surface area contributed by atoms with Gasteiger partial charge in [0.15, 0.2) is 0 Å². The molecule has 21 heavy (non-hydrogen) atoms. The maximum absolute atomic E-state index is 13.2. The molecule has 3 aromatic rings. The first-order chi connectivity index (χ1) is 10.0. The van der Waals surface area contributed by atoms with E-state index in [-0.39, 0.29) is 5.82 Å². The van der Waals surface area contributed by atoms with E-state index >= 15 is 0 Å². The Labute approximate surface area is 131 Å². The number of benzene rings is 3. The van der Waals surface area contributed by atoms with Gasteiger partial charge >= 0.3 is 0 Å². The molecule has 1 nitrogen and oxygen atoms in total. The van der Waals surface area contributed by atoms with Crippen molar-refractivity contribution < 1.29 is 9.50 Å². The molecule has 0 saturated heterocycles. The van der Waals surface area contributed by atoms with E-state index in [1.165, 1.54) is 12.1 Å². The molecule has 0 aliphatic heterocycles. The van der Waals surface area contributed by atoms with Crippen LogP contribution in [0.15, 0.2) is 59.1 Å². The van der Waals surface area contributed by atoms with Crippen LogP contribution in [0.1, 0.15) is 22.8 Å². The molecule has 0 saturated carbocycles. The fourth-order valence-corrected chi connectivity index (χ4v) is 2.91. The molecule has 1 atom stereocenters. The van der Waals surface area contributed by atoms with Crippen molar-refractivity contribution in [2.45, 2.75) is 13.0 Å². The highest BCUT2D eigenvalue weighted by Crippen LogP contribution is 2.28. The number of halogens is 2. The smallest absolute Gasteiger partial charge is 0.123 e. The molecule has 0 radical (unpaired) electrons. The van der Waals surface area contributed by atoms with Crippen LogP contribution in [-0.2, 0) is 0 Å². The van der Waals surface area contributed by atoms with Crippen LogP contribution in [-0.4, -0.2) is 5.11 Å². The average Bonchev–Trinajstić information content (AvgIpc) is 2.46. The molecule has 3 heteroatoms. The molecular weight excluding hydrogens is 331 g/mol. The fraction of sp³-hybridized carbons (Fsp3) is 0.111. The molecule has 0 aliphatic carbocycles. The minimum absolute atomic E-state index is 0.285. The van der Waals surface area contributed by atoms with Crippen LogP contribution in [0, 0.1) is 12.7 Å². The Hall–Kier alpha value is -1.71. The summed E-state index contributed by atoms with van der Waals surface area (Å²) in [6.45, 7) is 1.81. The van der Waals surface area contributed by atoms with Gasteiger partial charge in [-0.15, -0.1) is 0 Å². The molecule has 0 spiro atoms. The largest absolute Gasteiger partial charge is 0.384 e. The second-order valence-electron chi connectivity index (χ2n) is 5.15. The number of rotatable bonds is 2. The van der Waals surface area contributed by atoms with Crippen molar-refractivity contribution in [2.24, 2.45) is 0 Å². The van der Waals surface area contributed by atoms with Crippen LogP contribution < -0.4 is 0 Å². The van der Waals surface area contributed by atoms with E-state index in [0.29, 0.717) is 0 Å². The summed E-state index contributed by atoms with van der Waals surface area (Å²) in [6.07, 6.45) is -0.751. The third-order valence-corrected chi connectivity index (χ3v) is 4.16. The Morgan fingerprint density at radius 3 is 2.43 bits per heavy atom. The summed E-state index contributed by atoms with van der Waals surface area (Å²) >= 11 is 3.45. The fourth-order valence-electron chi connectivity index (χ4n) is 2.53. The normalized spacial score (nSPS) is 12.6. The van der Waals surface area contributed by atoms with Crippen molar-refractivity contribution >= 4 is 26.7 Å². The molecular formula is C18H14BrFO. The van der Waals surface area contributed by atoms with Crippen molar-refractivity contribution in [1.29, 1.82) is 0 Å². The Bertz CT molecular complexity index is 813. The van der Waals surface area contributed by atoms with E-state index in [0.717, 1.165) is 31.9 Å². The van der Waals surface area contributed by atoms with Crippen LogP contribution in [0.2, 0.25) is 0 Å². The summed E-state index contributed by atoms with van der Waals surface area (Å²) in [7, 11) is 0. The van der Waals surface area contributed by atoms with Crippen LogP contribution in [0.3, 0.4) is 0 Å². The zero-order valence-electron chi connectivity index (χ0n) is 11.5. The average molecular weight is 345 g/mol. The highest BCUT2D eigenvalue weighted by atomic mass is 79.9. The molecule has 1 N–H and O–H groups in total. The Morgan fingerprint density at radius 1 is 0.952 bits per heavy atom. The van der Waals surface area contributed by atoms with Gasteiger partial charge in [0.2, 0.25) is 0 Å². The van der Waals surface area contributed by atoms with E-state index in [1.807, 2.05) is 36.4 Å². The molecule has 0 amide bonds. The third kappa shape index (κ3) is 2.85. The second-order valence-corrected chi connectivity index (χ2v) is 6.07. The Kier molecular flexibility index (Phi) is 3.79. The van der Waals surface area contributed by atoms with Crippen LogP contribution >= 0.6 is 15.9 Å². The summed E-state index contributed by atoms with van der Waals surface area (Å²) < 4.78 is 14.2. The molecule has 106 valence electrons. The van der Waals surface area contributed by atoms with Crippen LogP contribution in [0.5, 0.6) is 0 Å². The lowest BCUT2D eigenvalue weighted by molar-refractivity contribution is 0.219. The zero-order valence-corrected chi connectivity index (χ0v) is 13.1. The van der Waals surface area contributed by atoms with Gasteiger partial charge in [0, 0.05) is 4.47 Å². The van der Waals surface area contributed by atoms with E-state index in [1.54, 1.807) is 13.0 Å². The number of aliphatic hydroxyl groups excluding tert-OH is 1. The maximum Gasteiger partial charge on any atom is 0.123 e. The quantitative estimate of drug-likeness (QED) is 0.683. The number of hydrogen-bond donors (Lipinski definition) is 1. The van der Waals surface area contributed by atoms with E-state index in [4.69, 9.17) is 0 Å². The number of fused-ring (bicyclic) bond motifs is 1. The van der Waals surface area contributed by atoms with Gasteiger partial charge in [-0.25, -0.2) is 4.39 Å². The summed E-state index contributed by atoms with van der Waals surface area (Å²) in [4.78, 5) is 0. The predicted octanol–water partition coefficient (Wildman–Crippen LogP) is 5.13. The third-order valence-electron chi connectivity index (χ3n) is 3.67. The van der Waals surface area contributed by atoms with Crippen molar-refractivity contribution in [3.8, 4) is 0 Å². The summed E-state index contributed by atoms with van der Waals surface area (Å²) in [5.41, 5.74) is 2.28. The topological polar surface area (TPSA) is 20.2 Å². The highest BCUT2D eigenvalue weighted by Gasteiger charge is 2.13. The monoisotopic (exact) mass is 344 g/mol. The van der Waals surface area contributed by atoms with Crippen LogP contribution in [0.4, 0.5) is 4.39 Å². The molecule has 0 aliphatic rings. The maximum atomic E-state index is 13.2.